The second kappa shape index (κ2) is 12.8. The molecule has 10 nitrogen and oxygen atoms in total. The number of nitrogens with zero attached hydrogens (tertiary/aromatic N) is 3. The lowest BCUT2D eigenvalue weighted by molar-refractivity contribution is -0.152. The molecule has 2 aromatic rings. The molecular weight excluding hydrogens is 598 g/mol. The van der Waals surface area contributed by atoms with Crippen LogP contribution in [0.2, 0.25) is 0 Å². The fraction of sp³-hybridized carbons (Fsp3) is 0.559. The summed E-state index contributed by atoms with van der Waals surface area (Å²) in [6.07, 6.45) is -1.33. The number of amides is 3. The van der Waals surface area contributed by atoms with Gasteiger partial charge in [0.25, 0.3) is 0 Å². The molecule has 0 bridgehead atoms. The topological polar surface area (TPSA) is 123 Å². The monoisotopic (exact) mass is 640 g/mol. The molecule has 248 valence electrons. The van der Waals surface area contributed by atoms with Gasteiger partial charge in [0.15, 0.2) is 0 Å². The summed E-state index contributed by atoms with van der Waals surface area (Å²) in [4.78, 5) is 46.3. The van der Waals surface area contributed by atoms with E-state index in [0.29, 0.717) is 37.3 Å². The molecule has 5 atom stereocenters. The van der Waals surface area contributed by atoms with Crippen molar-refractivity contribution in [2.75, 3.05) is 26.2 Å². The highest BCUT2D eigenvalue weighted by Crippen LogP contribution is 2.41. The molecule has 0 aromatic heterocycles. The van der Waals surface area contributed by atoms with Crippen LogP contribution in [0.4, 0.5) is 13.6 Å². The number of carbonyl (C=O) groups excluding carboxylic acids is 2. The van der Waals surface area contributed by atoms with E-state index in [9.17, 15) is 33.4 Å². The number of hydrogen-bond donors (Lipinski definition) is 3. The number of hydrogen-bond acceptors (Lipinski definition) is 6. The fourth-order valence-corrected chi connectivity index (χ4v) is 7.77. The number of fused-ring (bicyclic) bond motifs is 2. The van der Waals surface area contributed by atoms with Crippen molar-refractivity contribution in [3.63, 3.8) is 0 Å². The van der Waals surface area contributed by atoms with Crippen LogP contribution in [0.1, 0.15) is 62.6 Å². The van der Waals surface area contributed by atoms with E-state index in [1.54, 1.807) is 37.3 Å². The first-order valence-electron chi connectivity index (χ1n) is 16.1. The molecule has 3 amide bonds. The van der Waals surface area contributed by atoms with Gasteiger partial charge in [-0.3, -0.25) is 19.4 Å². The van der Waals surface area contributed by atoms with Crippen molar-refractivity contribution in [3.05, 3.63) is 65.7 Å². The van der Waals surface area contributed by atoms with Gasteiger partial charge in [0.2, 0.25) is 17.7 Å². The second-order valence-corrected chi connectivity index (χ2v) is 13.6. The van der Waals surface area contributed by atoms with Crippen molar-refractivity contribution in [2.24, 2.45) is 5.92 Å². The van der Waals surface area contributed by atoms with Crippen LogP contribution < -0.4 is 10.1 Å². The molecule has 0 unspecified atom stereocenters. The molecule has 2 aromatic carbocycles. The Morgan fingerprint density at radius 2 is 1.74 bits per heavy atom. The summed E-state index contributed by atoms with van der Waals surface area (Å²) in [7, 11) is 0. The SMILES string of the molecule is C[C@@]1(O)C[C@@H]2CN(C(=O)[C@H](C3CCC(F)(F)CC3)N(Cc3ccccc3)C(=O)O)[C@H](C(=O)N[C@@H]3CCOc4ccccc43)CN2C1. The summed E-state index contributed by atoms with van der Waals surface area (Å²) in [6, 6.07) is 13.5. The Hall–Kier alpha value is -3.77. The maximum Gasteiger partial charge on any atom is 0.408 e. The number of carboxylic acid groups (broad SMARTS) is 1. The van der Waals surface area contributed by atoms with Crippen LogP contribution in [-0.4, -0.2) is 98.7 Å². The van der Waals surface area contributed by atoms with Gasteiger partial charge in [0.05, 0.1) is 18.2 Å². The summed E-state index contributed by atoms with van der Waals surface area (Å²) in [5, 5.41) is 24.5. The maximum atomic E-state index is 14.8. The Bertz CT molecular complexity index is 1430. The minimum absolute atomic E-state index is 0.0181. The van der Waals surface area contributed by atoms with Crippen LogP contribution in [-0.2, 0) is 16.1 Å². The van der Waals surface area contributed by atoms with E-state index in [-0.39, 0.29) is 50.5 Å². The van der Waals surface area contributed by atoms with Crippen LogP contribution in [0.3, 0.4) is 0 Å². The predicted molar refractivity (Wildman–Crippen MR) is 164 cm³/mol. The van der Waals surface area contributed by atoms with E-state index in [1.807, 2.05) is 29.2 Å². The third-order valence-corrected chi connectivity index (χ3v) is 10.0. The van der Waals surface area contributed by atoms with Crippen LogP contribution in [0.15, 0.2) is 54.6 Å². The number of benzene rings is 2. The number of carbonyl (C=O) groups is 3. The highest BCUT2D eigenvalue weighted by Gasteiger charge is 2.51. The Kier molecular flexibility index (Phi) is 8.95. The van der Waals surface area contributed by atoms with Gasteiger partial charge in [-0.15, -0.1) is 0 Å². The van der Waals surface area contributed by atoms with Gasteiger partial charge in [-0.25, -0.2) is 13.6 Å². The van der Waals surface area contributed by atoms with Gasteiger partial charge < -0.3 is 25.2 Å². The van der Waals surface area contributed by atoms with Crippen LogP contribution in [0.5, 0.6) is 5.75 Å². The van der Waals surface area contributed by atoms with Gasteiger partial charge in [0, 0.05) is 57.0 Å². The summed E-state index contributed by atoms with van der Waals surface area (Å²) in [5.74, 6) is -3.80. The van der Waals surface area contributed by atoms with Gasteiger partial charge in [-0.05, 0) is 43.7 Å². The number of aliphatic hydroxyl groups is 1. The lowest BCUT2D eigenvalue weighted by Crippen LogP contribution is -2.66. The first kappa shape index (κ1) is 32.2. The van der Waals surface area contributed by atoms with E-state index in [0.717, 1.165) is 10.5 Å². The fourth-order valence-electron chi connectivity index (χ4n) is 7.77. The highest BCUT2D eigenvalue weighted by atomic mass is 19.3. The van der Waals surface area contributed by atoms with Crippen molar-refractivity contribution < 1.29 is 38.1 Å². The van der Waals surface area contributed by atoms with E-state index in [2.05, 4.69) is 5.32 Å². The number of halogens is 2. The molecule has 3 N–H and O–H groups in total. The molecule has 0 spiro atoms. The Morgan fingerprint density at radius 3 is 2.46 bits per heavy atom. The third kappa shape index (κ3) is 6.83. The van der Waals surface area contributed by atoms with Crippen LogP contribution in [0, 0.1) is 5.92 Å². The van der Waals surface area contributed by atoms with E-state index >= 15 is 0 Å². The van der Waals surface area contributed by atoms with Gasteiger partial charge in [-0.1, -0.05) is 48.5 Å². The smallest absolute Gasteiger partial charge is 0.408 e. The number of para-hydroxylation sites is 1. The average molecular weight is 641 g/mol. The molecular formula is C34H42F2N4O6. The van der Waals surface area contributed by atoms with Gasteiger partial charge >= 0.3 is 6.09 Å². The molecule has 12 heteroatoms. The molecule has 6 rings (SSSR count). The zero-order valence-electron chi connectivity index (χ0n) is 26.0. The second-order valence-electron chi connectivity index (χ2n) is 13.6. The van der Waals surface area contributed by atoms with Crippen LogP contribution >= 0.6 is 0 Å². The zero-order valence-corrected chi connectivity index (χ0v) is 26.0. The zero-order chi connectivity index (χ0) is 32.6. The van der Waals surface area contributed by atoms with Crippen molar-refractivity contribution >= 4 is 17.9 Å². The standard InChI is InChI=1S/C34H42F2N4O6/c1-33(45)17-24-19-39(27(20-38(24)21-33)30(41)37-26-13-16-46-28-10-6-5-9-25(26)28)31(42)29(23-11-14-34(35,36)15-12-23)40(32(43)44)18-22-7-3-2-4-8-22/h2-10,23-24,26-27,29,45H,11-21H2,1H3,(H,37,41)(H,43,44)/t24-,26-,27+,29+,33-/m1/s1. The normalized spacial score (nSPS) is 28.3. The number of nitrogens with one attached hydrogen (secondary N) is 1. The van der Waals surface area contributed by atoms with Gasteiger partial charge in [0.1, 0.15) is 17.8 Å². The lowest BCUT2D eigenvalue weighted by atomic mass is 9.80. The lowest BCUT2D eigenvalue weighted by Gasteiger charge is -2.47. The highest BCUT2D eigenvalue weighted by molar-refractivity contribution is 5.92. The van der Waals surface area contributed by atoms with Crippen molar-refractivity contribution in [3.8, 4) is 5.75 Å². The minimum Gasteiger partial charge on any atom is -0.493 e. The molecule has 1 saturated carbocycles. The first-order valence-corrected chi connectivity index (χ1v) is 16.1. The summed E-state index contributed by atoms with van der Waals surface area (Å²) in [5.41, 5.74) is 0.478. The summed E-state index contributed by atoms with van der Waals surface area (Å²) < 4.78 is 34.4. The third-order valence-electron chi connectivity index (χ3n) is 10.0. The average Bonchev–Trinajstić information content (AvgIpc) is 3.34. The largest absolute Gasteiger partial charge is 0.493 e. The van der Waals surface area contributed by atoms with Crippen molar-refractivity contribution in [1.82, 2.24) is 20.0 Å². The Balaban J connectivity index is 1.33. The molecule has 2 saturated heterocycles. The first-order chi connectivity index (χ1) is 21.9. The maximum absolute atomic E-state index is 14.8. The molecule has 3 heterocycles. The molecule has 1 aliphatic carbocycles. The number of piperazine rings is 1. The summed E-state index contributed by atoms with van der Waals surface area (Å²) >= 11 is 0. The molecule has 3 fully saturated rings. The molecule has 46 heavy (non-hydrogen) atoms. The van der Waals surface area contributed by atoms with E-state index < -0.39 is 54.4 Å². The minimum atomic E-state index is -2.87. The van der Waals surface area contributed by atoms with Gasteiger partial charge in [-0.2, -0.15) is 0 Å². The van der Waals surface area contributed by atoms with Crippen LogP contribution in [0.25, 0.3) is 0 Å². The number of ether oxygens (including phenoxy) is 1. The number of alkyl halides is 2. The quantitative estimate of drug-likeness (QED) is 0.418. The van der Waals surface area contributed by atoms with E-state index in [4.69, 9.17) is 4.74 Å². The molecule has 0 radical (unpaired) electrons. The van der Waals surface area contributed by atoms with E-state index in [1.165, 1.54) is 4.90 Å². The molecule has 3 aliphatic heterocycles. The Labute approximate surface area is 267 Å². The Morgan fingerprint density at radius 1 is 1.04 bits per heavy atom. The van der Waals surface area contributed by atoms with Crippen molar-refractivity contribution in [2.45, 2.75) is 87.7 Å². The predicted octanol–water partition coefficient (Wildman–Crippen LogP) is 4.04. The van der Waals surface area contributed by atoms with Crippen molar-refractivity contribution in [1.29, 1.82) is 0 Å². The summed E-state index contributed by atoms with van der Waals surface area (Å²) in [6.45, 7) is 2.63. The number of rotatable bonds is 7. The molecule has 4 aliphatic rings.